The molecule has 0 saturated heterocycles. The number of pyridine rings is 1. The molecule has 0 atom stereocenters. The average Bonchev–Trinajstić information content (AvgIpc) is 2.97. The first-order valence-electron chi connectivity index (χ1n) is 6.49. The number of aromatic nitrogens is 3. The predicted octanol–water partition coefficient (Wildman–Crippen LogP) is 2.71. The summed E-state index contributed by atoms with van der Waals surface area (Å²) in [6, 6.07) is 11.5. The van der Waals surface area contributed by atoms with E-state index >= 15 is 0 Å². The first-order chi connectivity index (χ1) is 10.2. The molecule has 21 heavy (non-hydrogen) atoms. The zero-order valence-electron chi connectivity index (χ0n) is 11.7. The van der Waals surface area contributed by atoms with E-state index in [4.69, 9.17) is 0 Å². The van der Waals surface area contributed by atoms with Gasteiger partial charge < -0.3 is 9.88 Å². The highest BCUT2D eigenvalue weighted by molar-refractivity contribution is 7.18. The molecule has 6 heteroatoms. The highest BCUT2D eigenvalue weighted by Crippen LogP contribution is 2.24. The maximum Gasteiger partial charge on any atom is 0.205 e. The fourth-order valence-electron chi connectivity index (χ4n) is 2.09. The van der Waals surface area contributed by atoms with E-state index in [1.807, 2.05) is 48.0 Å². The highest BCUT2D eigenvalue weighted by Gasteiger charge is 2.12. The van der Waals surface area contributed by atoms with E-state index in [1.54, 1.807) is 13.1 Å². The van der Waals surface area contributed by atoms with Crippen molar-refractivity contribution >= 4 is 16.5 Å². The molecule has 0 aliphatic heterocycles. The number of anilines is 1. The lowest BCUT2D eigenvalue weighted by atomic mass is 10.2. The Hall–Kier alpha value is -2.47. The van der Waals surface area contributed by atoms with Crippen molar-refractivity contribution in [3.05, 3.63) is 58.5 Å². The molecule has 0 radical (unpaired) electrons. The number of hydrogen-bond donors (Lipinski definition) is 1. The standard InChI is InChI=1S/C15H14N4OS/c1-10-8-13(20)12(14-17-18-15(16-2)21-14)9-19(10)11-6-4-3-5-7-11/h3-9H,1-2H3,(H,16,18). The number of nitrogens with zero attached hydrogens (tertiary/aromatic N) is 3. The van der Waals surface area contributed by atoms with Gasteiger partial charge >= 0.3 is 0 Å². The molecule has 0 aliphatic rings. The van der Waals surface area contributed by atoms with Gasteiger partial charge in [0.2, 0.25) is 5.13 Å². The van der Waals surface area contributed by atoms with Gasteiger partial charge in [0.25, 0.3) is 0 Å². The van der Waals surface area contributed by atoms with Crippen molar-refractivity contribution < 1.29 is 0 Å². The van der Waals surface area contributed by atoms with Crippen molar-refractivity contribution in [2.75, 3.05) is 12.4 Å². The van der Waals surface area contributed by atoms with Crippen molar-refractivity contribution in [3.63, 3.8) is 0 Å². The van der Waals surface area contributed by atoms with Crippen LogP contribution in [-0.4, -0.2) is 21.8 Å². The Bertz CT molecular complexity index is 823. The number of aryl methyl sites for hydroxylation is 1. The van der Waals surface area contributed by atoms with Crippen molar-refractivity contribution in [3.8, 4) is 16.3 Å². The summed E-state index contributed by atoms with van der Waals surface area (Å²) in [4.78, 5) is 12.2. The summed E-state index contributed by atoms with van der Waals surface area (Å²) >= 11 is 1.36. The van der Waals surface area contributed by atoms with Crippen LogP contribution in [0.3, 0.4) is 0 Å². The fraction of sp³-hybridized carbons (Fsp3) is 0.133. The lowest BCUT2D eigenvalue weighted by Gasteiger charge is -2.11. The highest BCUT2D eigenvalue weighted by atomic mass is 32.1. The number of benzene rings is 1. The Kier molecular flexibility index (Phi) is 3.53. The van der Waals surface area contributed by atoms with Gasteiger partial charge in [0.1, 0.15) is 0 Å². The fourth-order valence-corrected chi connectivity index (χ4v) is 2.80. The Morgan fingerprint density at radius 3 is 2.62 bits per heavy atom. The van der Waals surface area contributed by atoms with Gasteiger partial charge in [-0.1, -0.05) is 29.5 Å². The Morgan fingerprint density at radius 2 is 1.95 bits per heavy atom. The molecule has 3 rings (SSSR count). The topological polar surface area (TPSA) is 59.8 Å². The van der Waals surface area contributed by atoms with Gasteiger partial charge in [-0.3, -0.25) is 4.79 Å². The van der Waals surface area contributed by atoms with E-state index in [-0.39, 0.29) is 5.43 Å². The minimum atomic E-state index is -0.0431. The van der Waals surface area contributed by atoms with E-state index in [0.29, 0.717) is 15.7 Å². The maximum atomic E-state index is 12.2. The number of rotatable bonds is 3. The number of nitrogens with one attached hydrogen (secondary N) is 1. The Morgan fingerprint density at radius 1 is 1.19 bits per heavy atom. The molecule has 2 aromatic heterocycles. The van der Waals surface area contributed by atoms with E-state index in [0.717, 1.165) is 11.4 Å². The lowest BCUT2D eigenvalue weighted by Crippen LogP contribution is -2.11. The zero-order chi connectivity index (χ0) is 14.8. The molecule has 3 aromatic rings. The Balaban J connectivity index is 2.16. The van der Waals surface area contributed by atoms with Crippen LogP contribution in [0, 0.1) is 6.92 Å². The molecule has 2 heterocycles. The van der Waals surface area contributed by atoms with E-state index in [1.165, 1.54) is 11.3 Å². The van der Waals surface area contributed by atoms with Crippen LogP contribution in [-0.2, 0) is 0 Å². The van der Waals surface area contributed by atoms with Crippen LogP contribution < -0.4 is 10.7 Å². The smallest absolute Gasteiger partial charge is 0.205 e. The molecule has 0 unspecified atom stereocenters. The lowest BCUT2D eigenvalue weighted by molar-refractivity contribution is 0.973. The third-order valence-electron chi connectivity index (χ3n) is 3.15. The summed E-state index contributed by atoms with van der Waals surface area (Å²) < 4.78 is 1.98. The summed E-state index contributed by atoms with van der Waals surface area (Å²) in [7, 11) is 1.78. The van der Waals surface area contributed by atoms with Crippen LogP contribution in [0.2, 0.25) is 0 Å². The van der Waals surface area contributed by atoms with Crippen molar-refractivity contribution in [2.45, 2.75) is 6.92 Å². The Labute approximate surface area is 125 Å². The molecule has 0 aliphatic carbocycles. The molecule has 5 nitrogen and oxygen atoms in total. The van der Waals surface area contributed by atoms with Gasteiger partial charge in [-0.25, -0.2) is 0 Å². The third-order valence-corrected chi connectivity index (χ3v) is 4.12. The maximum absolute atomic E-state index is 12.2. The summed E-state index contributed by atoms with van der Waals surface area (Å²) in [5.74, 6) is 0. The van der Waals surface area contributed by atoms with Gasteiger partial charge in [-0.05, 0) is 19.1 Å². The first-order valence-corrected chi connectivity index (χ1v) is 7.31. The summed E-state index contributed by atoms with van der Waals surface area (Å²) in [5, 5.41) is 12.3. The van der Waals surface area contributed by atoms with Crippen LogP contribution >= 0.6 is 11.3 Å². The minimum absolute atomic E-state index is 0.0431. The molecular formula is C15H14N4OS. The molecule has 0 spiro atoms. The molecule has 106 valence electrons. The second-order valence-electron chi connectivity index (χ2n) is 4.56. The van der Waals surface area contributed by atoms with Gasteiger partial charge in [-0.2, -0.15) is 0 Å². The summed E-state index contributed by atoms with van der Waals surface area (Å²) in [6.07, 6.45) is 1.83. The van der Waals surface area contributed by atoms with E-state index < -0.39 is 0 Å². The second-order valence-corrected chi connectivity index (χ2v) is 5.54. The largest absolute Gasteiger partial charge is 0.363 e. The molecule has 0 fully saturated rings. The van der Waals surface area contributed by atoms with E-state index in [2.05, 4.69) is 15.5 Å². The van der Waals surface area contributed by atoms with Crippen LogP contribution in [0.25, 0.3) is 16.3 Å². The van der Waals surface area contributed by atoms with Crippen molar-refractivity contribution in [2.24, 2.45) is 0 Å². The number of para-hydroxylation sites is 1. The van der Waals surface area contributed by atoms with Crippen LogP contribution in [0.15, 0.2) is 47.4 Å². The van der Waals surface area contributed by atoms with Crippen molar-refractivity contribution in [1.29, 1.82) is 0 Å². The number of hydrogen-bond acceptors (Lipinski definition) is 5. The van der Waals surface area contributed by atoms with Gasteiger partial charge in [0.05, 0.1) is 5.56 Å². The monoisotopic (exact) mass is 298 g/mol. The molecule has 0 bridgehead atoms. The van der Waals surface area contributed by atoms with Crippen LogP contribution in [0.1, 0.15) is 5.69 Å². The van der Waals surface area contributed by atoms with Crippen molar-refractivity contribution in [1.82, 2.24) is 14.8 Å². The van der Waals surface area contributed by atoms with E-state index in [9.17, 15) is 4.79 Å². The molecule has 0 saturated carbocycles. The third kappa shape index (κ3) is 2.57. The van der Waals surface area contributed by atoms with Gasteiger partial charge in [-0.15, -0.1) is 10.2 Å². The molecule has 1 aromatic carbocycles. The zero-order valence-corrected chi connectivity index (χ0v) is 12.5. The van der Waals surface area contributed by atoms with Gasteiger partial charge in [0, 0.05) is 30.7 Å². The SMILES string of the molecule is CNc1nnc(-c2cn(-c3ccccc3)c(C)cc2=O)s1. The molecular weight excluding hydrogens is 284 g/mol. The summed E-state index contributed by atoms with van der Waals surface area (Å²) in [5.41, 5.74) is 2.41. The van der Waals surface area contributed by atoms with Gasteiger partial charge in [0.15, 0.2) is 10.4 Å². The average molecular weight is 298 g/mol. The van der Waals surface area contributed by atoms with Crippen LogP contribution in [0.5, 0.6) is 0 Å². The molecule has 0 amide bonds. The summed E-state index contributed by atoms with van der Waals surface area (Å²) in [6.45, 7) is 1.91. The molecule has 1 N–H and O–H groups in total. The minimum Gasteiger partial charge on any atom is -0.363 e. The first kappa shape index (κ1) is 13.5. The normalized spacial score (nSPS) is 10.6. The predicted molar refractivity (Wildman–Crippen MR) is 85.2 cm³/mol. The second kappa shape index (κ2) is 5.49. The van der Waals surface area contributed by atoms with Crippen LogP contribution in [0.4, 0.5) is 5.13 Å². The quantitative estimate of drug-likeness (QED) is 0.807.